The average molecular weight is 304 g/mol. The normalized spacial score (nSPS) is 15.9. The number of carboxylic acid groups (broad SMARTS) is 1. The van der Waals surface area contributed by atoms with Crippen LogP contribution < -0.4 is 21.1 Å². The summed E-state index contributed by atoms with van der Waals surface area (Å²) in [6.45, 7) is 1.14. The van der Waals surface area contributed by atoms with Gasteiger partial charge in [0.05, 0.1) is 35.8 Å². The Morgan fingerprint density at radius 2 is 1.95 bits per heavy atom. The fourth-order valence-corrected chi connectivity index (χ4v) is 2.12. The van der Waals surface area contributed by atoms with Crippen LogP contribution in [0.3, 0.4) is 0 Å². The molecule has 6 nitrogen and oxygen atoms in total. The molecule has 1 aromatic carbocycles. The lowest BCUT2D eigenvalue weighted by Crippen LogP contribution is -2.37. The minimum absolute atomic E-state index is 0.135. The molecule has 0 aliphatic carbocycles. The van der Waals surface area contributed by atoms with E-state index in [-0.39, 0.29) is 30.2 Å². The van der Waals surface area contributed by atoms with E-state index in [4.69, 9.17) is 10.5 Å². The zero-order valence-electron chi connectivity index (χ0n) is 10.9. The van der Waals surface area contributed by atoms with Crippen LogP contribution in [-0.2, 0) is 10.9 Å². The van der Waals surface area contributed by atoms with Crippen LogP contribution in [0, 0.1) is 0 Å². The summed E-state index contributed by atoms with van der Waals surface area (Å²) in [6.07, 6.45) is -6.24. The molecule has 1 amide bonds. The molecule has 1 aliphatic heterocycles. The van der Waals surface area contributed by atoms with E-state index in [1.165, 1.54) is 4.90 Å². The first kappa shape index (κ1) is 15.2. The summed E-state index contributed by atoms with van der Waals surface area (Å²) in [5, 5.41) is 12.4. The predicted octanol–water partition coefficient (Wildman–Crippen LogP) is 0.879. The van der Waals surface area contributed by atoms with Crippen LogP contribution in [0.1, 0.15) is 5.56 Å². The lowest BCUT2D eigenvalue weighted by Gasteiger charge is -2.31. The highest BCUT2D eigenvalue weighted by molar-refractivity contribution is 5.88. The zero-order chi connectivity index (χ0) is 15.6. The molecule has 21 heavy (non-hydrogen) atoms. The van der Waals surface area contributed by atoms with E-state index in [0.717, 1.165) is 12.1 Å². The van der Waals surface area contributed by atoms with Crippen LogP contribution in [-0.4, -0.2) is 32.4 Å². The molecule has 1 aromatic rings. The van der Waals surface area contributed by atoms with Crippen molar-refractivity contribution in [2.24, 2.45) is 0 Å². The first-order valence-corrected chi connectivity index (χ1v) is 6.10. The van der Waals surface area contributed by atoms with Crippen molar-refractivity contribution in [3.8, 4) is 0 Å². The largest absolute Gasteiger partial charge is 0.530 e. The van der Waals surface area contributed by atoms with Gasteiger partial charge in [0.2, 0.25) is 0 Å². The van der Waals surface area contributed by atoms with Gasteiger partial charge in [-0.3, -0.25) is 0 Å². The number of rotatable bonds is 2. The molecule has 0 spiro atoms. The van der Waals surface area contributed by atoms with E-state index in [2.05, 4.69) is 0 Å². The Morgan fingerprint density at radius 3 is 2.48 bits per heavy atom. The van der Waals surface area contributed by atoms with Crippen LogP contribution in [0.5, 0.6) is 0 Å². The number of nitrogens with two attached hydrogens (primary N) is 1. The summed E-state index contributed by atoms with van der Waals surface area (Å²) in [6, 6.07) is 1.79. The number of nitrogens with zero attached hydrogens (tertiary/aromatic N) is 1. The number of carbonyl (C=O) groups is 1. The van der Waals surface area contributed by atoms with Crippen LogP contribution in [0.15, 0.2) is 12.1 Å². The Balaban J connectivity index is 2.48. The molecule has 0 aromatic heterocycles. The van der Waals surface area contributed by atoms with Gasteiger partial charge in [-0.1, -0.05) is 0 Å². The first-order valence-electron chi connectivity index (χ1n) is 6.10. The predicted molar refractivity (Wildman–Crippen MR) is 67.9 cm³/mol. The lowest BCUT2D eigenvalue weighted by atomic mass is 10.1. The molecular formula is C12H13F3N3O3-. The minimum Gasteiger partial charge on any atom is -0.530 e. The van der Waals surface area contributed by atoms with Crippen LogP contribution in [0.4, 0.5) is 35.0 Å². The standard InChI is InChI=1S/C12H14F3N3O3/c13-12(14,15)7-5-8(16)9(17-11(19)20)6-10(7)18-1-3-21-4-2-18/h5-6,17H,1-4,16H2,(H,19,20)/p-1. The van der Waals surface area contributed by atoms with E-state index >= 15 is 0 Å². The van der Waals surface area contributed by atoms with Gasteiger partial charge in [-0.05, 0) is 12.1 Å². The Morgan fingerprint density at radius 1 is 1.33 bits per heavy atom. The molecule has 0 bridgehead atoms. The van der Waals surface area contributed by atoms with E-state index in [1.807, 2.05) is 5.32 Å². The number of carbonyl (C=O) groups excluding carboxylic acids is 1. The van der Waals surface area contributed by atoms with Crippen molar-refractivity contribution < 1.29 is 27.8 Å². The number of hydrogen-bond acceptors (Lipinski definition) is 5. The Labute approximate surface area is 118 Å². The van der Waals surface area contributed by atoms with Gasteiger partial charge < -0.3 is 30.6 Å². The Hall–Kier alpha value is -2.16. The molecule has 1 heterocycles. The fraction of sp³-hybridized carbons (Fsp3) is 0.417. The maximum absolute atomic E-state index is 13.1. The first-order chi connectivity index (χ1) is 9.79. The number of hydrogen-bond donors (Lipinski definition) is 2. The van der Waals surface area contributed by atoms with Crippen LogP contribution >= 0.6 is 0 Å². The van der Waals surface area contributed by atoms with Crippen molar-refractivity contribution in [2.45, 2.75) is 6.18 Å². The fourth-order valence-electron chi connectivity index (χ4n) is 2.12. The van der Waals surface area contributed by atoms with Gasteiger partial charge in [0.1, 0.15) is 6.09 Å². The maximum Gasteiger partial charge on any atom is 0.418 e. The second-order valence-electron chi connectivity index (χ2n) is 4.47. The summed E-state index contributed by atoms with van der Waals surface area (Å²) >= 11 is 0. The molecule has 0 unspecified atom stereocenters. The van der Waals surface area contributed by atoms with Gasteiger partial charge in [0.25, 0.3) is 0 Å². The average Bonchev–Trinajstić information content (AvgIpc) is 2.40. The highest BCUT2D eigenvalue weighted by Gasteiger charge is 2.36. The zero-order valence-corrected chi connectivity index (χ0v) is 10.9. The third-order valence-electron chi connectivity index (χ3n) is 3.06. The third-order valence-corrected chi connectivity index (χ3v) is 3.06. The van der Waals surface area contributed by atoms with Gasteiger partial charge in [-0.15, -0.1) is 0 Å². The Bertz CT molecular complexity index is 543. The topological polar surface area (TPSA) is 90.7 Å². The lowest BCUT2D eigenvalue weighted by molar-refractivity contribution is -0.242. The molecule has 0 radical (unpaired) electrons. The van der Waals surface area contributed by atoms with Gasteiger partial charge in [0, 0.05) is 13.1 Å². The number of ether oxygens (including phenoxy) is 1. The monoisotopic (exact) mass is 304 g/mol. The summed E-state index contributed by atoms with van der Waals surface area (Å²) in [5.74, 6) is 0. The van der Waals surface area contributed by atoms with Crippen molar-refractivity contribution in [2.75, 3.05) is 42.3 Å². The number of anilines is 3. The van der Waals surface area contributed by atoms with Crippen molar-refractivity contribution in [1.82, 2.24) is 0 Å². The molecular weight excluding hydrogens is 291 g/mol. The van der Waals surface area contributed by atoms with Crippen molar-refractivity contribution in [3.05, 3.63) is 17.7 Å². The highest BCUT2D eigenvalue weighted by atomic mass is 19.4. The molecule has 2 rings (SSSR count). The summed E-state index contributed by atoms with van der Waals surface area (Å²) < 4.78 is 44.4. The summed E-state index contributed by atoms with van der Waals surface area (Å²) in [7, 11) is 0. The Kier molecular flexibility index (Phi) is 4.12. The van der Waals surface area contributed by atoms with Crippen molar-refractivity contribution in [1.29, 1.82) is 0 Å². The smallest absolute Gasteiger partial charge is 0.418 e. The van der Waals surface area contributed by atoms with Crippen molar-refractivity contribution >= 4 is 23.2 Å². The van der Waals surface area contributed by atoms with Crippen LogP contribution in [0.2, 0.25) is 0 Å². The van der Waals surface area contributed by atoms with Gasteiger partial charge >= 0.3 is 6.18 Å². The number of nitrogen functional groups attached to an aromatic ring is 1. The molecule has 1 aliphatic rings. The molecule has 1 fully saturated rings. The SMILES string of the molecule is Nc1cc(C(F)(F)F)c(N2CCOCC2)cc1NC(=O)[O-]. The maximum atomic E-state index is 13.1. The minimum atomic E-state index is -4.60. The highest BCUT2D eigenvalue weighted by Crippen LogP contribution is 2.40. The van der Waals surface area contributed by atoms with Crippen LogP contribution in [0.25, 0.3) is 0 Å². The van der Waals surface area contributed by atoms with Gasteiger partial charge in [-0.2, -0.15) is 13.2 Å². The molecule has 3 N–H and O–H groups in total. The van der Waals surface area contributed by atoms with Crippen molar-refractivity contribution in [3.63, 3.8) is 0 Å². The number of benzene rings is 1. The quantitative estimate of drug-likeness (QED) is 0.792. The number of morpholine rings is 1. The van der Waals surface area contributed by atoms with E-state index in [1.54, 1.807) is 0 Å². The van der Waals surface area contributed by atoms with E-state index in [0.29, 0.717) is 13.2 Å². The van der Waals surface area contributed by atoms with Gasteiger partial charge in [-0.25, -0.2) is 0 Å². The summed E-state index contributed by atoms with van der Waals surface area (Å²) in [5.41, 5.74) is 3.97. The second kappa shape index (κ2) is 5.68. The second-order valence-corrected chi connectivity index (χ2v) is 4.47. The number of amides is 1. The summed E-state index contributed by atoms with van der Waals surface area (Å²) in [4.78, 5) is 12.0. The number of nitrogens with one attached hydrogen (secondary N) is 1. The van der Waals surface area contributed by atoms with E-state index < -0.39 is 17.8 Å². The van der Waals surface area contributed by atoms with Gasteiger partial charge in [0.15, 0.2) is 0 Å². The third kappa shape index (κ3) is 3.48. The molecule has 1 saturated heterocycles. The molecule has 0 saturated carbocycles. The molecule has 0 atom stereocenters. The molecule has 116 valence electrons. The number of alkyl halides is 3. The van der Waals surface area contributed by atoms with E-state index in [9.17, 15) is 23.1 Å². The molecule has 9 heteroatoms. The number of halogens is 3.